The highest BCUT2D eigenvalue weighted by Crippen LogP contribution is 2.32. The molecule has 0 spiro atoms. The van der Waals surface area contributed by atoms with Gasteiger partial charge in [0.15, 0.2) is 20.8 Å². The predicted molar refractivity (Wildman–Crippen MR) is 102 cm³/mol. The Hall–Kier alpha value is -1.16. The lowest BCUT2D eigenvalue weighted by molar-refractivity contribution is 0.0592. The number of hydrogen-bond acceptors (Lipinski definition) is 5. The summed E-state index contributed by atoms with van der Waals surface area (Å²) in [6.07, 6.45) is 3.73. The van der Waals surface area contributed by atoms with Gasteiger partial charge >= 0.3 is 0 Å². The molecule has 1 fully saturated rings. The maximum absolute atomic E-state index is 6.24. The van der Waals surface area contributed by atoms with E-state index in [0.717, 1.165) is 25.1 Å². The number of fused-ring (bicyclic) bond motifs is 1. The first-order valence-electron chi connectivity index (χ1n) is 7.35. The first kappa shape index (κ1) is 16.3. The third-order valence-corrected chi connectivity index (χ3v) is 4.82. The van der Waals surface area contributed by atoms with Gasteiger partial charge in [0.1, 0.15) is 6.23 Å². The average molecular weight is 476 g/mol. The highest BCUT2D eigenvalue weighted by molar-refractivity contribution is 14.1. The van der Waals surface area contributed by atoms with Crippen LogP contribution in [0, 0.1) is 3.83 Å². The normalized spacial score (nSPS) is 17.5. The second kappa shape index (κ2) is 6.62. The number of aromatic nitrogens is 4. The molecule has 0 bridgehead atoms. The summed E-state index contributed by atoms with van der Waals surface area (Å²) in [7, 11) is 0. The van der Waals surface area contributed by atoms with Crippen LogP contribution in [0.4, 0.5) is 11.5 Å². The second-order valence-corrected chi connectivity index (χ2v) is 7.19. The van der Waals surface area contributed by atoms with Crippen molar-refractivity contribution < 1.29 is 4.74 Å². The number of benzene rings is 1. The minimum absolute atomic E-state index is 0.0207. The molecule has 1 N–H and O–H groups in total. The second-order valence-electron chi connectivity index (χ2n) is 5.38. The van der Waals surface area contributed by atoms with Crippen molar-refractivity contribution in [2.24, 2.45) is 0 Å². The van der Waals surface area contributed by atoms with Gasteiger partial charge in [-0.15, -0.1) is 0 Å². The zero-order valence-corrected chi connectivity index (χ0v) is 16.0. The fourth-order valence-electron chi connectivity index (χ4n) is 2.69. The van der Waals surface area contributed by atoms with Gasteiger partial charge in [0, 0.05) is 34.2 Å². The van der Waals surface area contributed by atoms with E-state index in [1.807, 2.05) is 10.6 Å². The number of ether oxygens (including phenoxy) is 1. The monoisotopic (exact) mass is 475 g/mol. The van der Waals surface area contributed by atoms with Crippen LogP contribution in [0.25, 0.3) is 11.2 Å². The summed E-state index contributed by atoms with van der Waals surface area (Å²) in [5.41, 5.74) is 2.13. The highest BCUT2D eigenvalue weighted by atomic mass is 127. The van der Waals surface area contributed by atoms with Gasteiger partial charge in [0.05, 0.1) is 17.0 Å². The summed E-state index contributed by atoms with van der Waals surface area (Å²) in [5, 5.41) is 4.32. The Kier molecular flexibility index (Phi) is 4.50. The number of halogens is 3. The summed E-state index contributed by atoms with van der Waals surface area (Å²) in [4.78, 5) is 13.4. The standard InChI is InChI=1S/C15H12Cl2IN5O/c16-8-3-4-10(9(17)6-8)20-13-12-14(22-15(18)21-13)23(7-19-12)11-2-1-5-24-11/h3-4,6-7,11H,1-2,5H2,(H,20,21,22). The van der Waals surface area contributed by atoms with Crippen LogP contribution in [0.1, 0.15) is 19.1 Å². The molecule has 2 aromatic heterocycles. The molecule has 1 atom stereocenters. The molecule has 24 heavy (non-hydrogen) atoms. The molecule has 3 heterocycles. The molecule has 124 valence electrons. The summed E-state index contributed by atoms with van der Waals surface area (Å²) >= 11 is 14.3. The van der Waals surface area contributed by atoms with Gasteiger partial charge in [-0.3, -0.25) is 4.57 Å². The quantitative estimate of drug-likeness (QED) is 0.435. The Morgan fingerprint density at radius 2 is 2.17 bits per heavy atom. The van der Waals surface area contributed by atoms with E-state index in [1.54, 1.807) is 18.5 Å². The van der Waals surface area contributed by atoms with Gasteiger partial charge in [-0.25, -0.2) is 15.0 Å². The lowest BCUT2D eigenvalue weighted by atomic mass is 10.3. The molecule has 1 aliphatic rings. The van der Waals surface area contributed by atoms with Crippen molar-refractivity contribution in [3.63, 3.8) is 0 Å². The first-order chi connectivity index (χ1) is 11.6. The number of nitrogens with zero attached hydrogens (tertiary/aromatic N) is 4. The maximum Gasteiger partial charge on any atom is 0.194 e. The van der Waals surface area contributed by atoms with Crippen LogP contribution in [0.3, 0.4) is 0 Å². The fraction of sp³-hybridized carbons (Fsp3) is 0.267. The molecule has 6 nitrogen and oxygen atoms in total. The molecule has 1 unspecified atom stereocenters. The van der Waals surface area contributed by atoms with E-state index in [-0.39, 0.29) is 6.23 Å². The third kappa shape index (κ3) is 3.05. The van der Waals surface area contributed by atoms with E-state index < -0.39 is 0 Å². The zero-order chi connectivity index (χ0) is 16.7. The molecule has 0 amide bonds. The van der Waals surface area contributed by atoms with Gasteiger partial charge < -0.3 is 10.1 Å². The predicted octanol–water partition coefficient (Wildman–Crippen LogP) is 4.79. The van der Waals surface area contributed by atoms with Crippen molar-refractivity contribution in [3.05, 3.63) is 38.4 Å². The van der Waals surface area contributed by atoms with E-state index in [9.17, 15) is 0 Å². The molecular formula is C15H12Cl2IN5O. The number of anilines is 2. The molecule has 1 aliphatic heterocycles. The van der Waals surface area contributed by atoms with E-state index in [1.165, 1.54) is 0 Å². The molecule has 0 saturated carbocycles. The molecule has 1 saturated heterocycles. The molecule has 4 rings (SSSR count). The Morgan fingerprint density at radius 3 is 2.92 bits per heavy atom. The fourth-order valence-corrected chi connectivity index (χ4v) is 3.61. The smallest absolute Gasteiger partial charge is 0.194 e. The summed E-state index contributed by atoms with van der Waals surface area (Å²) in [6, 6.07) is 5.26. The Balaban J connectivity index is 1.77. The van der Waals surface area contributed by atoms with Crippen LogP contribution in [0.2, 0.25) is 10.0 Å². The van der Waals surface area contributed by atoms with E-state index in [2.05, 4.69) is 42.9 Å². The van der Waals surface area contributed by atoms with Crippen LogP contribution in [0.5, 0.6) is 0 Å². The van der Waals surface area contributed by atoms with Gasteiger partial charge in [0.25, 0.3) is 0 Å². The minimum atomic E-state index is -0.0207. The zero-order valence-electron chi connectivity index (χ0n) is 12.3. The summed E-state index contributed by atoms with van der Waals surface area (Å²) < 4.78 is 8.32. The van der Waals surface area contributed by atoms with Crippen molar-refractivity contribution in [1.29, 1.82) is 0 Å². The van der Waals surface area contributed by atoms with Crippen LogP contribution < -0.4 is 5.32 Å². The van der Waals surface area contributed by atoms with E-state index >= 15 is 0 Å². The topological polar surface area (TPSA) is 64.9 Å². The van der Waals surface area contributed by atoms with Crippen molar-refractivity contribution in [3.8, 4) is 0 Å². The third-order valence-electron chi connectivity index (χ3n) is 3.79. The Labute approximate surface area is 161 Å². The first-order valence-corrected chi connectivity index (χ1v) is 9.19. The summed E-state index contributed by atoms with van der Waals surface area (Å²) in [6.45, 7) is 0.762. The minimum Gasteiger partial charge on any atom is -0.358 e. The Bertz CT molecular complexity index is 910. The SMILES string of the molecule is Clc1ccc(Nc2nc(I)nc3c2ncn3C2CCCO2)c(Cl)c1. The van der Waals surface area contributed by atoms with Crippen LogP contribution in [-0.4, -0.2) is 26.1 Å². The van der Waals surface area contributed by atoms with Gasteiger partial charge in [0.2, 0.25) is 0 Å². The van der Waals surface area contributed by atoms with Crippen LogP contribution in [-0.2, 0) is 4.74 Å². The van der Waals surface area contributed by atoms with E-state index in [4.69, 9.17) is 27.9 Å². The van der Waals surface area contributed by atoms with Gasteiger partial charge in [-0.05, 0) is 31.0 Å². The maximum atomic E-state index is 6.24. The summed E-state index contributed by atoms with van der Waals surface area (Å²) in [5.74, 6) is 0.602. The molecule has 9 heteroatoms. The molecule has 0 aliphatic carbocycles. The lowest BCUT2D eigenvalue weighted by Crippen LogP contribution is -2.08. The number of nitrogens with one attached hydrogen (secondary N) is 1. The molecule has 0 radical (unpaired) electrons. The van der Waals surface area contributed by atoms with Gasteiger partial charge in [-0.2, -0.15) is 0 Å². The van der Waals surface area contributed by atoms with Crippen molar-refractivity contribution in [2.45, 2.75) is 19.1 Å². The lowest BCUT2D eigenvalue weighted by Gasteiger charge is -2.12. The van der Waals surface area contributed by atoms with Gasteiger partial charge in [-0.1, -0.05) is 23.2 Å². The van der Waals surface area contributed by atoms with Crippen molar-refractivity contribution >= 4 is 68.5 Å². The molecular weight excluding hydrogens is 464 g/mol. The van der Waals surface area contributed by atoms with Crippen molar-refractivity contribution in [1.82, 2.24) is 19.5 Å². The van der Waals surface area contributed by atoms with Crippen LogP contribution in [0.15, 0.2) is 24.5 Å². The van der Waals surface area contributed by atoms with Crippen LogP contribution >= 0.6 is 45.8 Å². The average Bonchev–Trinajstić information content (AvgIpc) is 3.18. The Morgan fingerprint density at radius 1 is 1.29 bits per heavy atom. The number of imidazole rings is 1. The molecule has 3 aromatic rings. The van der Waals surface area contributed by atoms with E-state index in [0.29, 0.717) is 30.9 Å². The largest absolute Gasteiger partial charge is 0.358 e. The van der Waals surface area contributed by atoms with Crippen molar-refractivity contribution in [2.75, 3.05) is 11.9 Å². The molecule has 1 aromatic carbocycles. The number of hydrogen-bond donors (Lipinski definition) is 1. The number of rotatable bonds is 3. The highest BCUT2D eigenvalue weighted by Gasteiger charge is 2.22.